The fourth-order valence-corrected chi connectivity index (χ4v) is 1.85. The smallest absolute Gasteiger partial charge is 0.320 e. The normalized spacial score (nSPS) is 11.9. The van der Waals surface area contributed by atoms with E-state index in [1.165, 1.54) is 12.1 Å². The number of hydrogen-bond acceptors (Lipinski definition) is 6. The number of carboxylic acid groups (broad SMARTS) is 1. The Morgan fingerprint density at radius 1 is 1.24 bits per heavy atom. The lowest BCUT2D eigenvalue weighted by Gasteiger charge is -2.06. The van der Waals surface area contributed by atoms with Crippen molar-refractivity contribution in [1.82, 2.24) is 0 Å². The number of aryl methyl sites for hydroxylation is 1. The maximum atomic E-state index is 10.9. The van der Waals surface area contributed by atoms with Gasteiger partial charge in [0, 0.05) is 11.6 Å². The zero-order valence-corrected chi connectivity index (χ0v) is 11.1. The van der Waals surface area contributed by atoms with Gasteiger partial charge in [-0.15, -0.1) is 0 Å². The van der Waals surface area contributed by atoms with Gasteiger partial charge < -0.3 is 10.8 Å². The van der Waals surface area contributed by atoms with E-state index in [1.807, 2.05) is 0 Å². The first-order valence-corrected chi connectivity index (χ1v) is 6.23. The van der Waals surface area contributed by atoms with Crippen LogP contribution in [-0.4, -0.2) is 27.0 Å². The summed E-state index contributed by atoms with van der Waals surface area (Å²) < 4.78 is 0. The summed E-state index contributed by atoms with van der Waals surface area (Å²) in [6, 6.07) is 2.55. The summed E-state index contributed by atoms with van der Waals surface area (Å²) in [7, 11) is 0. The number of nitrogens with two attached hydrogens (primary N) is 1. The lowest BCUT2D eigenvalue weighted by atomic mass is 10.0. The molecule has 1 atom stereocenters. The van der Waals surface area contributed by atoms with Crippen LogP contribution in [0.3, 0.4) is 0 Å². The summed E-state index contributed by atoms with van der Waals surface area (Å²) in [5.41, 5.74) is 5.09. The molecule has 0 amide bonds. The summed E-state index contributed by atoms with van der Waals surface area (Å²) in [6.07, 6.45) is 1.62. The van der Waals surface area contributed by atoms with E-state index in [1.54, 1.807) is 0 Å². The molecule has 0 radical (unpaired) electrons. The van der Waals surface area contributed by atoms with E-state index >= 15 is 0 Å². The molecule has 0 aliphatic heterocycles. The van der Waals surface area contributed by atoms with E-state index in [-0.39, 0.29) is 17.8 Å². The number of nitrogens with zero attached hydrogens (tertiary/aromatic N) is 2. The molecule has 0 fully saturated rings. The van der Waals surface area contributed by atoms with Crippen molar-refractivity contribution in [2.75, 3.05) is 0 Å². The molecule has 0 aliphatic carbocycles. The number of aliphatic carboxylic acids is 1. The quantitative estimate of drug-likeness (QED) is 0.420. The fraction of sp³-hybridized carbons (Fsp3) is 0.417. The van der Waals surface area contributed by atoms with E-state index in [0.29, 0.717) is 24.8 Å². The Labute approximate surface area is 119 Å². The molecule has 0 saturated carbocycles. The van der Waals surface area contributed by atoms with Crippen molar-refractivity contribution in [2.24, 2.45) is 5.73 Å². The highest BCUT2D eigenvalue weighted by Gasteiger charge is 2.19. The number of non-ortho nitro benzene ring substituents is 1. The number of carbonyl (C=O) groups is 1. The second kappa shape index (κ2) is 7.29. The van der Waals surface area contributed by atoms with Crippen molar-refractivity contribution in [3.05, 3.63) is 44.0 Å². The van der Waals surface area contributed by atoms with Crippen molar-refractivity contribution < 1.29 is 19.7 Å². The molecule has 3 N–H and O–H groups in total. The molecular weight excluding hydrogens is 282 g/mol. The van der Waals surface area contributed by atoms with Gasteiger partial charge in [0.2, 0.25) is 0 Å². The van der Waals surface area contributed by atoms with Gasteiger partial charge in [0.15, 0.2) is 0 Å². The molecule has 0 heterocycles. The molecule has 0 aromatic heterocycles. The molecule has 1 aromatic carbocycles. The molecule has 9 heteroatoms. The van der Waals surface area contributed by atoms with Crippen LogP contribution in [0.2, 0.25) is 0 Å². The Morgan fingerprint density at radius 2 is 1.90 bits per heavy atom. The van der Waals surface area contributed by atoms with Crippen LogP contribution >= 0.6 is 0 Å². The minimum atomic E-state index is -1.09. The van der Waals surface area contributed by atoms with E-state index in [4.69, 9.17) is 10.8 Å². The van der Waals surface area contributed by atoms with Gasteiger partial charge in [-0.2, -0.15) is 0 Å². The van der Waals surface area contributed by atoms with Crippen molar-refractivity contribution >= 4 is 17.3 Å². The van der Waals surface area contributed by atoms with Crippen LogP contribution in [0.25, 0.3) is 0 Å². The van der Waals surface area contributed by atoms with Gasteiger partial charge in [-0.25, -0.2) is 0 Å². The van der Waals surface area contributed by atoms with Crippen LogP contribution in [0.4, 0.5) is 11.4 Å². The van der Waals surface area contributed by atoms with Crippen LogP contribution in [0.5, 0.6) is 0 Å². The minimum absolute atomic E-state index is 0.274. The molecular formula is C12H15N3O6. The standard InChI is InChI=1S/C12H15N3O6/c13-10(12(16)17)4-2-1-3-8-5-6-9(14(18)19)7-11(8)15(20)21/h5-7,10H,1-4,13H2,(H,16,17). The number of rotatable bonds is 8. The topological polar surface area (TPSA) is 150 Å². The predicted molar refractivity (Wildman–Crippen MR) is 72.9 cm³/mol. The van der Waals surface area contributed by atoms with Gasteiger partial charge in [0.1, 0.15) is 6.04 Å². The highest BCUT2D eigenvalue weighted by Crippen LogP contribution is 2.26. The summed E-state index contributed by atoms with van der Waals surface area (Å²) in [5, 5.41) is 30.1. The van der Waals surface area contributed by atoms with Crippen LogP contribution in [0.1, 0.15) is 24.8 Å². The van der Waals surface area contributed by atoms with E-state index in [0.717, 1.165) is 6.07 Å². The molecule has 0 aliphatic rings. The second-order valence-corrected chi connectivity index (χ2v) is 4.52. The Morgan fingerprint density at radius 3 is 2.43 bits per heavy atom. The van der Waals surface area contributed by atoms with Crippen LogP contribution in [0.15, 0.2) is 18.2 Å². The molecule has 1 unspecified atom stereocenters. The van der Waals surface area contributed by atoms with Crippen LogP contribution < -0.4 is 5.73 Å². The summed E-state index contributed by atoms with van der Waals surface area (Å²) in [6.45, 7) is 0. The summed E-state index contributed by atoms with van der Waals surface area (Å²) in [5.74, 6) is -1.09. The number of hydrogen-bond donors (Lipinski definition) is 2. The lowest BCUT2D eigenvalue weighted by molar-refractivity contribution is -0.394. The highest BCUT2D eigenvalue weighted by molar-refractivity contribution is 5.72. The minimum Gasteiger partial charge on any atom is -0.480 e. The third kappa shape index (κ3) is 4.80. The zero-order chi connectivity index (χ0) is 16.0. The number of unbranched alkanes of at least 4 members (excludes halogenated alkanes) is 1. The van der Waals surface area contributed by atoms with Gasteiger partial charge in [0.05, 0.1) is 15.9 Å². The maximum Gasteiger partial charge on any atom is 0.320 e. The monoisotopic (exact) mass is 297 g/mol. The molecule has 21 heavy (non-hydrogen) atoms. The summed E-state index contributed by atoms with van der Waals surface area (Å²) >= 11 is 0. The Balaban J connectivity index is 2.68. The van der Waals surface area contributed by atoms with Gasteiger partial charge in [0.25, 0.3) is 11.4 Å². The van der Waals surface area contributed by atoms with Gasteiger partial charge in [-0.3, -0.25) is 25.0 Å². The first-order valence-electron chi connectivity index (χ1n) is 6.23. The molecule has 114 valence electrons. The molecule has 0 bridgehead atoms. The van der Waals surface area contributed by atoms with Crippen molar-refractivity contribution in [1.29, 1.82) is 0 Å². The van der Waals surface area contributed by atoms with Crippen molar-refractivity contribution in [2.45, 2.75) is 31.7 Å². The van der Waals surface area contributed by atoms with E-state index in [9.17, 15) is 25.0 Å². The zero-order valence-electron chi connectivity index (χ0n) is 11.1. The average molecular weight is 297 g/mol. The molecule has 9 nitrogen and oxygen atoms in total. The second-order valence-electron chi connectivity index (χ2n) is 4.52. The SMILES string of the molecule is NC(CCCCc1ccc([N+](=O)[O-])cc1[N+](=O)[O-])C(=O)O. The third-order valence-electron chi connectivity index (χ3n) is 3.00. The average Bonchev–Trinajstić information content (AvgIpc) is 2.42. The van der Waals surface area contributed by atoms with E-state index < -0.39 is 21.9 Å². The third-order valence-corrected chi connectivity index (χ3v) is 3.00. The van der Waals surface area contributed by atoms with Crippen molar-refractivity contribution in [3.63, 3.8) is 0 Å². The number of nitro benzene ring substituents is 2. The number of carboxylic acids is 1. The molecule has 1 rings (SSSR count). The van der Waals surface area contributed by atoms with Crippen LogP contribution in [0, 0.1) is 20.2 Å². The number of nitro groups is 2. The largest absolute Gasteiger partial charge is 0.480 e. The predicted octanol–water partition coefficient (Wildman–Crippen LogP) is 1.63. The highest BCUT2D eigenvalue weighted by atomic mass is 16.6. The Bertz CT molecular complexity index is 560. The molecule has 0 saturated heterocycles. The fourth-order valence-electron chi connectivity index (χ4n) is 1.85. The summed E-state index contributed by atoms with van der Waals surface area (Å²) in [4.78, 5) is 30.7. The maximum absolute atomic E-state index is 10.9. The van der Waals surface area contributed by atoms with Gasteiger partial charge >= 0.3 is 5.97 Å². The van der Waals surface area contributed by atoms with Gasteiger partial charge in [-0.05, 0) is 25.3 Å². The molecule has 0 spiro atoms. The first kappa shape index (κ1) is 16.5. The lowest BCUT2D eigenvalue weighted by Crippen LogP contribution is -2.29. The molecule has 1 aromatic rings. The first-order chi connectivity index (χ1) is 9.82. The Hall–Kier alpha value is -2.55. The van der Waals surface area contributed by atoms with E-state index in [2.05, 4.69) is 0 Å². The van der Waals surface area contributed by atoms with Crippen LogP contribution in [-0.2, 0) is 11.2 Å². The Kier molecular flexibility index (Phi) is 5.73. The van der Waals surface area contributed by atoms with Crippen molar-refractivity contribution in [3.8, 4) is 0 Å². The van der Waals surface area contributed by atoms with Gasteiger partial charge in [-0.1, -0.05) is 6.42 Å². The number of benzene rings is 1.